The largest absolute Gasteiger partial charge is 0.366 e. The normalized spacial score (nSPS) is 49.5. The van der Waals surface area contributed by atoms with E-state index in [4.69, 9.17) is 4.74 Å². The first-order chi connectivity index (χ1) is 12.0. The summed E-state index contributed by atoms with van der Waals surface area (Å²) in [5, 5.41) is 0. The second-order valence-electron chi connectivity index (χ2n) is 11.0. The zero-order valence-electron chi connectivity index (χ0n) is 16.6. The van der Waals surface area contributed by atoms with Gasteiger partial charge in [-0.25, -0.2) is 0 Å². The lowest BCUT2D eigenvalue weighted by atomic mass is 9.45. The van der Waals surface area contributed by atoms with E-state index in [1.165, 1.54) is 83.5 Å². The summed E-state index contributed by atoms with van der Waals surface area (Å²) in [6.07, 6.45) is 19.0. The molecule has 0 aromatic carbocycles. The molecular formula is C24H38O. The molecule has 0 N–H and O–H groups in total. The van der Waals surface area contributed by atoms with Crippen LogP contribution in [0.1, 0.15) is 97.3 Å². The van der Waals surface area contributed by atoms with Gasteiger partial charge in [-0.2, -0.15) is 0 Å². The van der Waals surface area contributed by atoms with Gasteiger partial charge in [0.2, 0.25) is 0 Å². The summed E-state index contributed by atoms with van der Waals surface area (Å²) in [5.74, 6) is 2.70. The third-order valence-corrected chi connectivity index (χ3v) is 9.63. The van der Waals surface area contributed by atoms with Gasteiger partial charge in [0.25, 0.3) is 0 Å². The van der Waals surface area contributed by atoms with E-state index in [0.717, 1.165) is 17.8 Å². The monoisotopic (exact) mass is 342 g/mol. The van der Waals surface area contributed by atoms with Crippen molar-refractivity contribution in [3.05, 3.63) is 12.2 Å². The smallest absolute Gasteiger partial charge is 0.0929 e. The fourth-order valence-corrected chi connectivity index (χ4v) is 8.09. The Hall–Kier alpha value is -0.300. The highest BCUT2D eigenvalue weighted by Gasteiger charge is 2.65. The highest BCUT2D eigenvalue weighted by atomic mass is 16.6. The summed E-state index contributed by atoms with van der Waals surface area (Å²) in [6.45, 7) is 9.77. The SMILES string of the molecule is C=C1CC2(CCCC2)C2OC2(C)CCC2C1CC2(C)C1CCCCC1. The van der Waals surface area contributed by atoms with Crippen LogP contribution in [0, 0.1) is 28.6 Å². The molecule has 1 spiro atoms. The maximum atomic E-state index is 6.45. The molecule has 5 unspecified atom stereocenters. The van der Waals surface area contributed by atoms with Gasteiger partial charge in [0.05, 0.1) is 11.7 Å². The summed E-state index contributed by atoms with van der Waals surface area (Å²) in [4.78, 5) is 0. The molecule has 25 heavy (non-hydrogen) atoms. The minimum Gasteiger partial charge on any atom is -0.366 e. The Morgan fingerprint density at radius 3 is 2.36 bits per heavy atom. The Morgan fingerprint density at radius 1 is 0.920 bits per heavy atom. The fraction of sp³-hybridized carbons (Fsp3) is 0.917. The molecule has 140 valence electrons. The Balaban J connectivity index is 1.40. The van der Waals surface area contributed by atoms with Gasteiger partial charge in [0, 0.05) is 5.41 Å². The number of fused-ring (bicyclic) bond motifs is 3. The van der Waals surface area contributed by atoms with Crippen LogP contribution in [0.15, 0.2) is 12.2 Å². The van der Waals surface area contributed by atoms with Crippen molar-refractivity contribution in [3.63, 3.8) is 0 Å². The first-order valence-electron chi connectivity index (χ1n) is 11.3. The van der Waals surface area contributed by atoms with E-state index in [1.54, 1.807) is 5.57 Å². The molecule has 5 aliphatic rings. The van der Waals surface area contributed by atoms with Crippen LogP contribution in [0.2, 0.25) is 0 Å². The average Bonchev–Trinajstić information content (AvgIpc) is 3.06. The van der Waals surface area contributed by atoms with Crippen LogP contribution in [-0.4, -0.2) is 11.7 Å². The topological polar surface area (TPSA) is 12.5 Å². The lowest BCUT2D eigenvalue weighted by Gasteiger charge is -2.59. The van der Waals surface area contributed by atoms with E-state index in [2.05, 4.69) is 20.4 Å². The number of hydrogen-bond donors (Lipinski definition) is 0. The van der Waals surface area contributed by atoms with Gasteiger partial charge in [-0.3, -0.25) is 0 Å². The first kappa shape index (κ1) is 16.8. The Kier molecular flexibility index (Phi) is 3.77. The molecule has 0 amide bonds. The number of rotatable bonds is 1. The molecule has 1 aliphatic heterocycles. The third-order valence-electron chi connectivity index (χ3n) is 9.63. The summed E-state index contributed by atoms with van der Waals surface area (Å²) in [5.41, 5.74) is 2.86. The average molecular weight is 343 g/mol. The molecule has 1 saturated heterocycles. The van der Waals surface area contributed by atoms with Gasteiger partial charge >= 0.3 is 0 Å². The Bertz CT molecular complexity index is 552. The zero-order valence-corrected chi connectivity index (χ0v) is 16.6. The molecule has 5 rings (SSSR count). The number of hydrogen-bond acceptors (Lipinski definition) is 1. The standard InChI is InChI=1S/C24H38O/c1-17-15-24(12-7-8-13-24)21-23(3,25-21)14-11-20-19(17)16-22(20,2)18-9-5-4-6-10-18/h18-21H,1,4-16H2,2-3H3. The Labute approximate surface area is 155 Å². The summed E-state index contributed by atoms with van der Waals surface area (Å²) >= 11 is 0. The molecule has 4 aliphatic carbocycles. The quantitative estimate of drug-likeness (QED) is 0.383. The van der Waals surface area contributed by atoms with Gasteiger partial charge in [-0.05, 0) is 81.5 Å². The van der Waals surface area contributed by atoms with Crippen molar-refractivity contribution in [2.24, 2.45) is 28.6 Å². The number of allylic oxidation sites excluding steroid dienone is 1. The predicted molar refractivity (Wildman–Crippen MR) is 103 cm³/mol. The van der Waals surface area contributed by atoms with Crippen LogP contribution >= 0.6 is 0 Å². The molecule has 0 aromatic heterocycles. The van der Waals surface area contributed by atoms with Gasteiger partial charge in [-0.15, -0.1) is 0 Å². The second kappa shape index (κ2) is 5.60. The Morgan fingerprint density at radius 2 is 1.64 bits per heavy atom. The maximum Gasteiger partial charge on any atom is 0.0929 e. The first-order valence-corrected chi connectivity index (χ1v) is 11.3. The van der Waals surface area contributed by atoms with E-state index in [0.29, 0.717) is 16.9 Å². The summed E-state index contributed by atoms with van der Waals surface area (Å²) in [6, 6.07) is 0. The highest BCUT2D eigenvalue weighted by molar-refractivity contribution is 5.23. The molecule has 0 bridgehead atoms. The van der Waals surface area contributed by atoms with Gasteiger partial charge < -0.3 is 4.74 Å². The van der Waals surface area contributed by atoms with Crippen molar-refractivity contribution >= 4 is 0 Å². The third kappa shape index (κ3) is 2.43. The molecule has 0 radical (unpaired) electrons. The molecule has 0 aromatic rings. The molecule has 4 saturated carbocycles. The second-order valence-corrected chi connectivity index (χ2v) is 11.0. The lowest BCUT2D eigenvalue weighted by molar-refractivity contribution is -0.0809. The van der Waals surface area contributed by atoms with Crippen molar-refractivity contribution in [3.8, 4) is 0 Å². The highest BCUT2D eigenvalue weighted by Crippen LogP contribution is 2.67. The summed E-state index contributed by atoms with van der Waals surface area (Å²) < 4.78 is 6.45. The summed E-state index contributed by atoms with van der Waals surface area (Å²) in [7, 11) is 0. The predicted octanol–water partition coefficient (Wildman–Crippen LogP) is 6.67. The van der Waals surface area contributed by atoms with Crippen LogP contribution in [-0.2, 0) is 4.74 Å². The van der Waals surface area contributed by atoms with Gasteiger partial charge in [-0.1, -0.05) is 51.2 Å². The number of ether oxygens (including phenoxy) is 1. The van der Waals surface area contributed by atoms with E-state index < -0.39 is 0 Å². The molecule has 1 heteroatoms. The van der Waals surface area contributed by atoms with Crippen LogP contribution in [0.3, 0.4) is 0 Å². The van der Waals surface area contributed by atoms with E-state index >= 15 is 0 Å². The van der Waals surface area contributed by atoms with Crippen LogP contribution in [0.4, 0.5) is 0 Å². The van der Waals surface area contributed by atoms with E-state index in [9.17, 15) is 0 Å². The minimum absolute atomic E-state index is 0.197. The maximum absolute atomic E-state index is 6.45. The van der Waals surface area contributed by atoms with Crippen LogP contribution in [0.25, 0.3) is 0 Å². The van der Waals surface area contributed by atoms with Crippen molar-refractivity contribution in [1.29, 1.82) is 0 Å². The molecule has 1 nitrogen and oxygen atoms in total. The molecule has 5 atom stereocenters. The fourth-order valence-electron chi connectivity index (χ4n) is 8.09. The van der Waals surface area contributed by atoms with Gasteiger partial charge in [0.15, 0.2) is 0 Å². The zero-order chi connectivity index (χ0) is 17.3. The van der Waals surface area contributed by atoms with Gasteiger partial charge in [0.1, 0.15) is 0 Å². The minimum atomic E-state index is 0.197. The van der Waals surface area contributed by atoms with Crippen LogP contribution in [0.5, 0.6) is 0 Å². The molecule has 5 fully saturated rings. The van der Waals surface area contributed by atoms with Crippen LogP contribution < -0.4 is 0 Å². The molecule has 1 heterocycles. The van der Waals surface area contributed by atoms with Crippen molar-refractivity contribution in [1.82, 2.24) is 0 Å². The lowest BCUT2D eigenvalue weighted by Crippen LogP contribution is -2.52. The van der Waals surface area contributed by atoms with E-state index in [1.807, 2.05) is 0 Å². The molecular weight excluding hydrogens is 304 g/mol. The van der Waals surface area contributed by atoms with Crippen molar-refractivity contribution in [2.45, 2.75) is 109 Å². The van der Waals surface area contributed by atoms with Crippen molar-refractivity contribution in [2.75, 3.05) is 0 Å². The van der Waals surface area contributed by atoms with E-state index in [-0.39, 0.29) is 5.60 Å². The number of epoxide rings is 1. The van der Waals surface area contributed by atoms with Crippen molar-refractivity contribution < 1.29 is 4.74 Å².